The predicted octanol–water partition coefficient (Wildman–Crippen LogP) is -2.24. The van der Waals surface area contributed by atoms with Crippen LogP contribution in [0.25, 0.3) is 0 Å². The Kier molecular flexibility index (Phi) is 24.6. The van der Waals surface area contributed by atoms with Crippen LogP contribution in [-0.4, -0.2) is 11.9 Å². The first-order chi connectivity index (χ1) is 12.0. The molecular formula is C21H38Li2O4. The topological polar surface area (TPSA) is 80.3 Å². The molecule has 0 atom stereocenters. The van der Waals surface area contributed by atoms with Gasteiger partial charge in [-0.25, -0.2) is 0 Å². The summed E-state index contributed by atoms with van der Waals surface area (Å²) in [5, 5.41) is 23.0. The molecule has 0 aliphatic carbocycles. The molecule has 0 aliphatic rings. The number of hydrogen-bond acceptors (Lipinski definition) is 4. The van der Waals surface area contributed by atoms with Crippen LogP contribution in [0.3, 0.4) is 0 Å². The van der Waals surface area contributed by atoms with E-state index in [1.54, 1.807) is 0 Å². The Balaban J connectivity index is -0.00000288. The first-order valence-corrected chi connectivity index (χ1v) is 10.4. The Hall–Kier alpha value is 0.135. The maximum atomic E-state index is 11.5. The zero-order chi connectivity index (χ0) is 19.0. The van der Waals surface area contributed by atoms with Crippen LogP contribution in [-0.2, 0) is 9.59 Å². The van der Waals surface area contributed by atoms with Gasteiger partial charge in [-0.3, -0.25) is 0 Å². The van der Waals surface area contributed by atoms with Gasteiger partial charge in [-0.15, -0.1) is 0 Å². The summed E-state index contributed by atoms with van der Waals surface area (Å²) in [6.07, 6.45) is 15.1. The average Bonchev–Trinajstić information content (AvgIpc) is 2.57. The van der Waals surface area contributed by atoms with Crippen LogP contribution < -0.4 is 47.9 Å². The largest absolute Gasteiger partial charge is 1.00 e. The summed E-state index contributed by atoms with van der Waals surface area (Å²) < 4.78 is 0. The van der Waals surface area contributed by atoms with Gasteiger partial charge in [0.2, 0.25) is 0 Å². The van der Waals surface area contributed by atoms with Crippen molar-refractivity contribution < 1.29 is 57.5 Å². The second-order valence-corrected chi connectivity index (χ2v) is 7.40. The van der Waals surface area contributed by atoms with E-state index in [4.69, 9.17) is 0 Å². The van der Waals surface area contributed by atoms with Crippen molar-refractivity contribution in [3.63, 3.8) is 0 Å². The van der Waals surface area contributed by atoms with Crippen molar-refractivity contribution in [1.29, 1.82) is 0 Å². The molecule has 6 heteroatoms. The first-order valence-electron chi connectivity index (χ1n) is 10.4. The fraction of sp³-hybridized carbons (Fsp3) is 0.905. The molecular weight excluding hydrogens is 330 g/mol. The van der Waals surface area contributed by atoms with Gasteiger partial charge in [0.1, 0.15) is 0 Å². The summed E-state index contributed by atoms with van der Waals surface area (Å²) in [5.74, 6) is -2.94. The molecule has 0 aliphatic heterocycles. The van der Waals surface area contributed by atoms with Gasteiger partial charge in [0, 0.05) is 5.41 Å². The van der Waals surface area contributed by atoms with Crippen molar-refractivity contribution >= 4 is 11.9 Å². The SMILES string of the molecule is CCCCCCCCCCCCC(CCCCCC)(C(=O)[O-])C(=O)[O-].[Li+].[Li+]. The van der Waals surface area contributed by atoms with Gasteiger partial charge in [-0.05, 0) is 12.8 Å². The predicted molar refractivity (Wildman–Crippen MR) is 97.7 cm³/mol. The molecule has 0 aromatic heterocycles. The number of rotatable bonds is 18. The van der Waals surface area contributed by atoms with Crippen molar-refractivity contribution in [3.05, 3.63) is 0 Å². The van der Waals surface area contributed by atoms with Gasteiger partial charge in [0.15, 0.2) is 0 Å². The fourth-order valence-electron chi connectivity index (χ4n) is 3.38. The minimum Gasteiger partial charge on any atom is -0.549 e. The third kappa shape index (κ3) is 14.7. The molecule has 0 aromatic carbocycles. The summed E-state index contributed by atoms with van der Waals surface area (Å²) in [7, 11) is 0. The summed E-state index contributed by atoms with van der Waals surface area (Å²) in [6.45, 7) is 4.28. The third-order valence-corrected chi connectivity index (χ3v) is 5.20. The molecule has 0 saturated heterocycles. The van der Waals surface area contributed by atoms with Crippen LogP contribution in [0.1, 0.15) is 117 Å². The molecule has 0 amide bonds. The molecule has 0 radical (unpaired) electrons. The maximum absolute atomic E-state index is 11.5. The molecule has 0 heterocycles. The molecule has 4 nitrogen and oxygen atoms in total. The molecule has 148 valence electrons. The number of carboxylic acid groups (broad SMARTS) is 2. The Labute approximate surface area is 191 Å². The second-order valence-electron chi connectivity index (χ2n) is 7.40. The zero-order valence-electron chi connectivity index (χ0n) is 18.4. The van der Waals surface area contributed by atoms with Crippen molar-refractivity contribution in [3.8, 4) is 0 Å². The summed E-state index contributed by atoms with van der Waals surface area (Å²) in [6, 6.07) is 0. The van der Waals surface area contributed by atoms with Gasteiger partial charge in [0.05, 0.1) is 11.9 Å². The zero-order valence-corrected chi connectivity index (χ0v) is 18.4. The van der Waals surface area contributed by atoms with E-state index < -0.39 is 17.4 Å². The average molecular weight is 368 g/mol. The van der Waals surface area contributed by atoms with E-state index in [0.717, 1.165) is 38.5 Å². The molecule has 0 unspecified atom stereocenters. The van der Waals surface area contributed by atoms with Crippen molar-refractivity contribution in [2.45, 2.75) is 117 Å². The van der Waals surface area contributed by atoms with Crippen molar-refractivity contribution in [2.75, 3.05) is 0 Å². The smallest absolute Gasteiger partial charge is 0.549 e. The molecule has 0 bridgehead atoms. The van der Waals surface area contributed by atoms with Gasteiger partial charge >= 0.3 is 37.7 Å². The molecule has 0 saturated carbocycles. The maximum Gasteiger partial charge on any atom is 1.00 e. The first kappa shape index (κ1) is 31.8. The van der Waals surface area contributed by atoms with Crippen LogP contribution in [0.2, 0.25) is 0 Å². The Bertz CT molecular complexity index is 348. The fourth-order valence-corrected chi connectivity index (χ4v) is 3.38. The molecule has 0 fully saturated rings. The summed E-state index contributed by atoms with van der Waals surface area (Å²) in [4.78, 5) is 23.0. The molecule has 0 N–H and O–H groups in total. The Morgan fingerprint density at radius 1 is 0.556 bits per heavy atom. The number of aliphatic carboxylic acids is 2. The number of carbonyl (C=O) groups excluding carboxylic acids is 2. The normalized spacial score (nSPS) is 10.7. The Morgan fingerprint density at radius 2 is 0.815 bits per heavy atom. The minimum absolute atomic E-state index is 0. The number of carbonyl (C=O) groups is 2. The Morgan fingerprint density at radius 3 is 1.11 bits per heavy atom. The van der Waals surface area contributed by atoms with E-state index >= 15 is 0 Å². The van der Waals surface area contributed by atoms with Gasteiger partial charge < -0.3 is 19.8 Å². The van der Waals surface area contributed by atoms with E-state index in [2.05, 4.69) is 13.8 Å². The third-order valence-electron chi connectivity index (χ3n) is 5.20. The van der Waals surface area contributed by atoms with Crippen LogP contribution in [0.4, 0.5) is 0 Å². The monoisotopic (exact) mass is 368 g/mol. The van der Waals surface area contributed by atoms with Gasteiger partial charge in [-0.1, -0.05) is 104 Å². The van der Waals surface area contributed by atoms with Crippen molar-refractivity contribution in [1.82, 2.24) is 0 Å². The summed E-state index contributed by atoms with van der Waals surface area (Å²) in [5.41, 5.74) is -1.80. The quantitative estimate of drug-likeness (QED) is 0.156. The number of hydrogen-bond donors (Lipinski definition) is 0. The van der Waals surface area contributed by atoms with Crippen LogP contribution in [0.15, 0.2) is 0 Å². The van der Waals surface area contributed by atoms with E-state index in [1.165, 1.54) is 38.5 Å². The molecule has 0 spiro atoms. The van der Waals surface area contributed by atoms with E-state index in [1.807, 2.05) is 0 Å². The van der Waals surface area contributed by atoms with Crippen LogP contribution in [0, 0.1) is 5.41 Å². The molecule has 0 aromatic rings. The molecule has 27 heavy (non-hydrogen) atoms. The van der Waals surface area contributed by atoms with Gasteiger partial charge in [0.25, 0.3) is 0 Å². The van der Waals surface area contributed by atoms with Crippen molar-refractivity contribution in [2.24, 2.45) is 5.41 Å². The van der Waals surface area contributed by atoms with E-state index in [-0.39, 0.29) is 50.6 Å². The van der Waals surface area contributed by atoms with Crippen LogP contribution in [0.5, 0.6) is 0 Å². The van der Waals surface area contributed by atoms with E-state index in [9.17, 15) is 19.8 Å². The second kappa shape index (κ2) is 20.9. The van der Waals surface area contributed by atoms with Crippen LogP contribution >= 0.6 is 0 Å². The minimum atomic E-state index is -1.80. The number of unbranched alkanes of at least 4 members (excludes halogenated alkanes) is 12. The number of carboxylic acids is 2. The standard InChI is InChI=1S/C21H40O4.2Li/c1-3-5-7-9-10-11-12-13-14-16-18-21(19(22)23,20(24)25)17-15-8-6-4-2;;/h3-18H2,1-2H3,(H,22,23)(H,24,25);;/q;2*+1/p-2. The van der Waals surface area contributed by atoms with Gasteiger partial charge in [-0.2, -0.15) is 0 Å². The van der Waals surface area contributed by atoms with E-state index in [0.29, 0.717) is 12.8 Å². The summed E-state index contributed by atoms with van der Waals surface area (Å²) >= 11 is 0. The molecule has 0 rings (SSSR count).